The minimum absolute atomic E-state index is 0.0404. The van der Waals surface area contributed by atoms with Crippen molar-refractivity contribution in [2.24, 2.45) is 12.0 Å². The Labute approximate surface area is 787 Å². The van der Waals surface area contributed by atoms with E-state index < -0.39 is 59.9 Å². The monoisotopic (exact) mass is 1940 g/mol. The van der Waals surface area contributed by atoms with Crippen LogP contribution < -0.4 is 43.8 Å². The number of amides is 4. The maximum Gasteiger partial charge on any atom is 0.274 e. The number of aliphatic hydroxyl groups is 3. The summed E-state index contributed by atoms with van der Waals surface area (Å²) in [5.74, 6) is 4.74. The molecule has 2 saturated heterocycles. The number of nitrogens with zero attached hydrogens (tertiary/aromatic N) is 15. The molecule has 3 aliphatic heterocycles. The maximum absolute atomic E-state index is 12.8. The van der Waals surface area contributed by atoms with Crippen LogP contribution in [0.5, 0.6) is 63.5 Å². The molecule has 0 bridgehead atoms. The first-order valence-electron chi connectivity index (χ1n) is 42.7. The van der Waals surface area contributed by atoms with Crippen LogP contribution in [0.15, 0.2) is 204 Å². The van der Waals surface area contributed by atoms with E-state index in [-0.39, 0.29) is 105 Å². The zero-order chi connectivity index (χ0) is 98.3. The van der Waals surface area contributed by atoms with Crippen LogP contribution in [0.3, 0.4) is 0 Å². The molecular formula is C92H101N19O23S3. The Balaban J connectivity index is 0.000000161. The number of methoxy groups -OCH3 is 1. The summed E-state index contributed by atoms with van der Waals surface area (Å²) in [6.07, 6.45) is 17.7. The number of imidazole rings is 1. The van der Waals surface area contributed by atoms with Gasteiger partial charge in [0.2, 0.25) is 23.6 Å². The third kappa shape index (κ3) is 29.3. The van der Waals surface area contributed by atoms with Gasteiger partial charge in [0.05, 0.1) is 123 Å². The molecule has 8 N–H and O–H groups in total. The minimum atomic E-state index is -3.67. The van der Waals surface area contributed by atoms with E-state index in [0.29, 0.717) is 77.3 Å². The van der Waals surface area contributed by atoms with Gasteiger partial charge in [-0.2, -0.15) is 13.5 Å². The van der Waals surface area contributed by atoms with Crippen LogP contribution in [0.25, 0.3) is 33.8 Å². The van der Waals surface area contributed by atoms with Crippen LogP contribution in [0, 0.1) is 6.92 Å². The Hall–Kier alpha value is -14.9. The number of aryl methyl sites for hydroxylation is 2. The lowest BCUT2D eigenvalue weighted by Crippen LogP contribution is -2.42. The molecule has 12 heterocycles. The summed E-state index contributed by atoms with van der Waals surface area (Å²) in [6.45, 7) is 14.7. The lowest BCUT2D eigenvalue weighted by Gasteiger charge is -2.30. The molecule has 2 fully saturated rings. The number of hydrogen-bond donors (Lipinski definition) is 8. The highest BCUT2D eigenvalue weighted by molar-refractivity contribution is 7.91. The third-order valence-corrected chi connectivity index (χ3v) is 22.5. The first kappa shape index (κ1) is 101. The topological polar surface area (TPSA) is 556 Å². The number of carbonyl (C=O) groups is 4. The van der Waals surface area contributed by atoms with Crippen molar-refractivity contribution in [2.45, 2.75) is 115 Å². The molecule has 13 aromatic rings. The highest BCUT2D eigenvalue weighted by Gasteiger charge is 2.32. The fourth-order valence-electron chi connectivity index (χ4n) is 13.1. The van der Waals surface area contributed by atoms with Gasteiger partial charge in [-0.05, 0) is 145 Å². The van der Waals surface area contributed by atoms with Gasteiger partial charge in [-0.3, -0.25) is 43.4 Å². The standard InChI is InChI=1S/C25H25N5O3.C23H24N6O5.C22H24N4O6S.C21H24N4O6S.CH4O3S/c1-16(31)30-11-5-7-23(30)19-12-21-22(29-25(28-21)20-6-3-4-10-26-20)13-24(19)33-18-9-8-17(15-32-2)27-14-18;1-14-9-26-20(11-24-14)28-22(31)16-6-17(33-15(2)13-30)8-18(7-16)34-21-12-25-19(10-27-21)23(32)29-4-3-5-29;1-13-9-25-22(31-13)19-5-4-18(26-19)15-6-16(30-14(2)12-27)8-17(7-15)32-20-10-24-21(11-23-20)33(3,28)29;1-4-32(28,29)20-6-5-16(12-22-20)31-18-10-15(9-17(11-18)30-14(2)13-26)21(27)23-19-7-8-25(3)24-19;1-5(2,3)4/h3-4,6,8-10,12-14,23H,5,7,11,15H2,1-2H3,(H,28,29);6-12,15,30H,3-5,13H2,1-2H3,(H,26,28,31);4-8,10-11,13-14,26-27H,9,12H2,1-3H3;5-12,14,26H,4,13H2,1-3H3,(H,23,24,27);1H3,(H,2,3,4)/t;15-;13-,14-;14-;/m.000./s1. The van der Waals surface area contributed by atoms with Gasteiger partial charge >= 0.3 is 0 Å². The Morgan fingerprint density at radius 3 is 1.72 bits per heavy atom. The molecule has 4 amide bonds. The molecule has 0 saturated carbocycles. The van der Waals surface area contributed by atoms with E-state index in [1.54, 1.807) is 113 Å². The second-order valence-corrected chi connectivity index (χ2v) is 37.0. The number of hydrogen-bond acceptors (Lipinski definition) is 34. The first-order valence-corrected chi connectivity index (χ1v) is 48.1. The average Bonchev–Trinajstić information content (AvgIpc) is 1.63. The predicted octanol–water partition coefficient (Wildman–Crippen LogP) is 11.4. The summed E-state index contributed by atoms with van der Waals surface area (Å²) < 4.78 is 126. The van der Waals surface area contributed by atoms with Crippen molar-refractivity contribution in [3.8, 4) is 86.3 Å². The zero-order valence-electron chi connectivity index (χ0n) is 76.2. The van der Waals surface area contributed by atoms with E-state index in [4.69, 9.17) is 52.2 Å². The Kier molecular flexibility index (Phi) is 34.2. The number of pyridine rings is 3. The predicted molar refractivity (Wildman–Crippen MR) is 500 cm³/mol. The molecule has 45 heteroatoms. The molecule has 16 rings (SSSR count). The van der Waals surface area contributed by atoms with Crippen LogP contribution in [0.2, 0.25) is 0 Å². The SMILES string of the molecule is CCS(=O)(=O)c1ccc(Oc2cc(O[C@@H](C)CO)cc(C(=O)Nc3ccn(C)n3)c2)cn1.COCc1ccc(Oc2cc3nc(-c4ccccn4)[nH]c3cc2C2CCCN2C(C)=O)cn1.CS(=O)(=O)O.C[C@H]1CN=C(c2ccc(-c3cc(Oc4cnc(S(C)(=O)=O)cn4)cc(O[C@@H](C)CO)c3)[nH]2)O1.Cc1cnc(NC(=O)c2cc(Oc3cnc(C(=O)N4CCC4)cn3)cc(O[C@@H](C)CO)c2)cn1. The van der Waals surface area contributed by atoms with Crippen molar-refractivity contribution >= 4 is 82.0 Å². The van der Waals surface area contributed by atoms with Crippen molar-refractivity contribution in [3.05, 3.63) is 229 Å². The lowest BCUT2D eigenvalue weighted by molar-refractivity contribution is -0.129. The number of carbonyl (C=O) groups excluding carboxylic acids is 4. The largest absolute Gasteiger partial charge is 0.488 e. The summed E-state index contributed by atoms with van der Waals surface area (Å²) >= 11 is 0. The Bertz CT molecular complexity index is 6740. The quantitative estimate of drug-likeness (QED) is 0.0187. The maximum atomic E-state index is 12.8. The van der Waals surface area contributed by atoms with Crippen molar-refractivity contribution in [1.29, 1.82) is 0 Å². The number of sulfone groups is 2. The summed E-state index contributed by atoms with van der Waals surface area (Å²) in [5.41, 5.74) is 7.92. The number of fused-ring (bicyclic) bond motifs is 1. The van der Waals surface area contributed by atoms with Crippen LogP contribution in [-0.4, -0.2) is 250 Å². The van der Waals surface area contributed by atoms with Crippen LogP contribution in [-0.2, 0) is 57.7 Å². The van der Waals surface area contributed by atoms with Crippen LogP contribution in [0.4, 0.5) is 11.6 Å². The molecule has 9 aromatic heterocycles. The van der Waals surface area contributed by atoms with Crippen molar-refractivity contribution in [3.63, 3.8) is 0 Å². The van der Waals surface area contributed by atoms with Crippen LogP contribution in [0.1, 0.15) is 121 Å². The highest BCUT2D eigenvalue weighted by atomic mass is 32.2. The summed E-state index contributed by atoms with van der Waals surface area (Å²) in [5, 5.41) is 37.3. The molecule has 720 valence electrons. The summed E-state index contributed by atoms with van der Waals surface area (Å²) in [4.78, 5) is 107. The van der Waals surface area contributed by atoms with Crippen LogP contribution >= 0.6 is 0 Å². The van der Waals surface area contributed by atoms with E-state index in [1.165, 1.54) is 74.3 Å². The molecule has 0 spiro atoms. The van der Waals surface area contributed by atoms with Crippen molar-refractivity contribution < 1.29 is 107 Å². The molecule has 4 aromatic carbocycles. The van der Waals surface area contributed by atoms with Gasteiger partial charge in [0.15, 0.2) is 47.2 Å². The second-order valence-electron chi connectivity index (χ2n) is 31.3. The van der Waals surface area contributed by atoms with Gasteiger partial charge < -0.3 is 88.4 Å². The fraction of sp³-hybridized carbons (Fsp3) is 0.304. The number of aromatic amines is 2. The number of ether oxygens (including phenoxy) is 9. The zero-order valence-corrected chi connectivity index (χ0v) is 78.7. The van der Waals surface area contributed by atoms with Gasteiger partial charge in [-0.25, -0.2) is 56.7 Å². The number of anilines is 2. The molecule has 3 aliphatic rings. The number of aromatic nitrogens is 14. The Morgan fingerprint density at radius 2 is 1.19 bits per heavy atom. The molecule has 0 radical (unpaired) electrons. The van der Waals surface area contributed by atoms with E-state index in [0.717, 1.165) is 102 Å². The summed E-state index contributed by atoms with van der Waals surface area (Å²) in [7, 11) is -7.19. The molecule has 5 atom stereocenters. The normalized spacial score (nSPS) is 14.5. The smallest absolute Gasteiger partial charge is 0.274 e. The minimum Gasteiger partial charge on any atom is -0.488 e. The molecule has 0 aliphatic carbocycles. The first-order chi connectivity index (χ1) is 65.4. The highest BCUT2D eigenvalue weighted by Crippen LogP contribution is 2.42. The average molecular weight is 1940 g/mol. The fourth-order valence-corrected chi connectivity index (χ4v) is 14.4. The van der Waals surface area contributed by atoms with Gasteiger partial charge in [-0.1, -0.05) is 13.0 Å². The van der Waals surface area contributed by atoms with Gasteiger partial charge in [0, 0.05) is 118 Å². The number of nitrogens with one attached hydrogen (secondary N) is 4. The number of benzene rings is 4. The number of aliphatic hydroxyl groups excluding tert-OH is 3. The van der Waals surface area contributed by atoms with Crippen molar-refractivity contribution in [1.82, 2.24) is 79.4 Å². The van der Waals surface area contributed by atoms with E-state index in [1.807, 2.05) is 72.5 Å². The summed E-state index contributed by atoms with van der Waals surface area (Å²) in [6, 6.07) is 36.1. The van der Waals surface area contributed by atoms with E-state index in [2.05, 4.69) is 75.5 Å². The van der Waals surface area contributed by atoms with Gasteiger partial charge in [0.25, 0.3) is 27.8 Å². The number of aliphatic imine (C=N–C) groups is 1. The van der Waals surface area contributed by atoms with Gasteiger partial charge in [0.1, 0.15) is 93.2 Å². The molecule has 42 nitrogen and oxygen atoms in total. The van der Waals surface area contributed by atoms with Gasteiger partial charge in [-0.15, -0.1) is 0 Å². The molecular weight excluding hydrogens is 1840 g/mol. The number of likely N-dealkylation sites (tertiary alicyclic amines) is 2. The van der Waals surface area contributed by atoms with Crippen molar-refractivity contribution in [2.75, 3.05) is 82.0 Å². The number of rotatable bonds is 31. The van der Waals surface area contributed by atoms with E-state index in [9.17, 15) is 59.8 Å². The lowest BCUT2D eigenvalue weighted by atomic mass is 10.0. The second kappa shape index (κ2) is 46.4. The van der Waals surface area contributed by atoms with E-state index >= 15 is 0 Å². The molecule has 137 heavy (non-hydrogen) atoms. The molecule has 1 unspecified atom stereocenters. The number of H-pyrrole nitrogens is 2. The third-order valence-electron chi connectivity index (χ3n) is 19.9. The Morgan fingerprint density at radius 1 is 0.591 bits per heavy atom.